The van der Waals surface area contributed by atoms with Crippen molar-refractivity contribution < 1.29 is 28.6 Å². The Morgan fingerprint density at radius 2 is 1.49 bits per heavy atom. The first-order valence-electron chi connectivity index (χ1n) is 14.0. The number of aliphatic carboxylic acids is 1. The summed E-state index contributed by atoms with van der Waals surface area (Å²) < 4.78 is 20.4. The molecule has 7 nitrogen and oxygen atoms in total. The predicted octanol–water partition coefficient (Wildman–Crippen LogP) is 6.62. The third kappa shape index (κ3) is 8.07. The SMILES string of the molecule is CC(C)(C)C(=O)N(CCOc1ccc(C[C@H](Nc2ccccc2C(=O)c2ccccc2)C(=O)O)cc1)c1ccccc1F. The van der Waals surface area contributed by atoms with E-state index >= 15 is 0 Å². The Bertz CT molecular complexity index is 1570. The van der Waals surface area contributed by atoms with E-state index in [1.807, 2.05) is 6.07 Å². The van der Waals surface area contributed by atoms with E-state index in [0.717, 1.165) is 5.56 Å². The number of carboxylic acid groups (broad SMARTS) is 1. The molecule has 0 saturated heterocycles. The van der Waals surface area contributed by atoms with Gasteiger partial charge in [0, 0.05) is 28.7 Å². The molecule has 0 unspecified atom stereocenters. The van der Waals surface area contributed by atoms with E-state index in [1.54, 1.807) is 112 Å². The second-order valence-electron chi connectivity index (χ2n) is 11.1. The fourth-order valence-electron chi connectivity index (χ4n) is 4.56. The van der Waals surface area contributed by atoms with Crippen LogP contribution in [0.5, 0.6) is 5.75 Å². The number of benzene rings is 4. The van der Waals surface area contributed by atoms with E-state index in [1.165, 1.54) is 11.0 Å². The van der Waals surface area contributed by atoms with Gasteiger partial charge in [0.15, 0.2) is 5.78 Å². The molecule has 4 rings (SSSR count). The predicted molar refractivity (Wildman–Crippen MR) is 165 cm³/mol. The zero-order valence-electron chi connectivity index (χ0n) is 24.4. The second kappa shape index (κ2) is 13.8. The van der Waals surface area contributed by atoms with Gasteiger partial charge in [0.2, 0.25) is 5.91 Å². The maximum Gasteiger partial charge on any atom is 0.326 e. The largest absolute Gasteiger partial charge is 0.492 e. The Balaban J connectivity index is 1.41. The molecular weight excluding hydrogens is 547 g/mol. The lowest BCUT2D eigenvalue weighted by molar-refractivity contribution is -0.137. The normalized spacial score (nSPS) is 11.8. The van der Waals surface area contributed by atoms with E-state index in [2.05, 4.69) is 5.32 Å². The first kappa shape index (κ1) is 31.0. The van der Waals surface area contributed by atoms with Crippen LogP contribution in [0.15, 0.2) is 103 Å². The highest BCUT2D eigenvalue weighted by atomic mass is 19.1. The number of ether oxygens (including phenoxy) is 1. The monoisotopic (exact) mass is 582 g/mol. The van der Waals surface area contributed by atoms with Crippen LogP contribution in [0, 0.1) is 11.2 Å². The number of carboxylic acids is 1. The van der Waals surface area contributed by atoms with Crippen molar-refractivity contribution in [2.45, 2.75) is 33.2 Å². The summed E-state index contributed by atoms with van der Waals surface area (Å²) in [5.74, 6) is -1.45. The number of anilines is 2. The number of hydrogen-bond donors (Lipinski definition) is 2. The van der Waals surface area contributed by atoms with Crippen molar-refractivity contribution in [1.29, 1.82) is 0 Å². The van der Waals surface area contributed by atoms with Crippen LogP contribution in [0.4, 0.5) is 15.8 Å². The molecule has 4 aromatic carbocycles. The quantitative estimate of drug-likeness (QED) is 0.182. The van der Waals surface area contributed by atoms with Crippen molar-refractivity contribution in [1.82, 2.24) is 0 Å². The number of rotatable bonds is 12. The number of carbonyl (C=O) groups is 3. The maximum atomic E-state index is 14.5. The van der Waals surface area contributed by atoms with Crippen LogP contribution in [0.2, 0.25) is 0 Å². The Hall–Kier alpha value is -4.98. The summed E-state index contributed by atoms with van der Waals surface area (Å²) in [7, 11) is 0. The number of nitrogens with one attached hydrogen (secondary N) is 1. The molecule has 1 atom stereocenters. The molecule has 0 saturated carbocycles. The van der Waals surface area contributed by atoms with Crippen molar-refractivity contribution in [3.8, 4) is 5.75 Å². The summed E-state index contributed by atoms with van der Waals surface area (Å²) in [6, 6.07) is 27.8. The molecule has 1 amide bonds. The molecule has 0 heterocycles. The van der Waals surface area contributed by atoms with Crippen molar-refractivity contribution >= 4 is 29.0 Å². The van der Waals surface area contributed by atoms with Gasteiger partial charge in [0.05, 0.1) is 12.2 Å². The average Bonchev–Trinajstić information content (AvgIpc) is 3.00. The summed E-state index contributed by atoms with van der Waals surface area (Å²) in [6.45, 7) is 5.61. The summed E-state index contributed by atoms with van der Waals surface area (Å²) in [5, 5.41) is 13.0. The van der Waals surface area contributed by atoms with Gasteiger partial charge in [-0.1, -0.05) is 87.5 Å². The number of carbonyl (C=O) groups excluding carboxylic acids is 2. The van der Waals surface area contributed by atoms with Crippen molar-refractivity contribution in [3.63, 3.8) is 0 Å². The molecule has 0 aliphatic heterocycles. The zero-order chi connectivity index (χ0) is 31.0. The Morgan fingerprint density at radius 3 is 2.14 bits per heavy atom. The lowest BCUT2D eigenvalue weighted by atomic mass is 9.94. The van der Waals surface area contributed by atoms with Crippen LogP contribution in [0.25, 0.3) is 0 Å². The minimum absolute atomic E-state index is 0.126. The van der Waals surface area contributed by atoms with Gasteiger partial charge in [-0.2, -0.15) is 0 Å². The van der Waals surface area contributed by atoms with Crippen LogP contribution >= 0.6 is 0 Å². The minimum atomic E-state index is -1.06. The molecule has 0 bridgehead atoms. The summed E-state index contributed by atoms with van der Waals surface area (Å²) >= 11 is 0. The molecule has 4 aromatic rings. The first-order chi connectivity index (χ1) is 20.5. The molecule has 0 aliphatic carbocycles. The third-order valence-corrected chi connectivity index (χ3v) is 6.81. The van der Waals surface area contributed by atoms with Gasteiger partial charge >= 0.3 is 5.97 Å². The second-order valence-corrected chi connectivity index (χ2v) is 11.1. The van der Waals surface area contributed by atoms with Crippen LogP contribution in [-0.4, -0.2) is 42.0 Å². The molecule has 0 radical (unpaired) electrons. The van der Waals surface area contributed by atoms with Crippen LogP contribution < -0.4 is 15.0 Å². The summed E-state index contributed by atoms with van der Waals surface area (Å²) in [5.41, 5.74) is 1.56. The van der Waals surface area contributed by atoms with Gasteiger partial charge < -0.3 is 20.1 Å². The fourth-order valence-corrected chi connectivity index (χ4v) is 4.56. The summed E-state index contributed by atoms with van der Waals surface area (Å²) in [4.78, 5) is 39.7. The number of halogens is 1. The van der Waals surface area contributed by atoms with Crippen LogP contribution in [0.3, 0.4) is 0 Å². The van der Waals surface area contributed by atoms with E-state index in [9.17, 15) is 23.9 Å². The molecule has 0 fully saturated rings. The van der Waals surface area contributed by atoms with E-state index < -0.39 is 23.2 Å². The first-order valence-corrected chi connectivity index (χ1v) is 14.0. The molecule has 8 heteroatoms. The van der Waals surface area contributed by atoms with Crippen molar-refractivity contribution in [2.24, 2.45) is 5.41 Å². The van der Waals surface area contributed by atoms with Gasteiger partial charge in [-0.3, -0.25) is 9.59 Å². The van der Waals surface area contributed by atoms with Gasteiger partial charge in [-0.15, -0.1) is 0 Å². The smallest absolute Gasteiger partial charge is 0.326 e. The third-order valence-electron chi connectivity index (χ3n) is 6.81. The van der Waals surface area contributed by atoms with Crippen LogP contribution in [0.1, 0.15) is 42.3 Å². The van der Waals surface area contributed by atoms with Gasteiger partial charge in [0.1, 0.15) is 24.2 Å². The minimum Gasteiger partial charge on any atom is -0.492 e. The molecule has 222 valence electrons. The highest BCUT2D eigenvalue weighted by Gasteiger charge is 2.29. The topological polar surface area (TPSA) is 95.9 Å². The lowest BCUT2D eigenvalue weighted by Crippen LogP contribution is -2.42. The van der Waals surface area contributed by atoms with Gasteiger partial charge in [-0.25, -0.2) is 9.18 Å². The van der Waals surface area contributed by atoms with E-state index in [-0.39, 0.29) is 37.0 Å². The van der Waals surface area contributed by atoms with E-state index in [4.69, 9.17) is 4.74 Å². The van der Waals surface area contributed by atoms with Crippen LogP contribution in [-0.2, 0) is 16.0 Å². The van der Waals surface area contributed by atoms with E-state index in [0.29, 0.717) is 22.6 Å². The van der Waals surface area contributed by atoms with Gasteiger partial charge in [0.25, 0.3) is 0 Å². The number of para-hydroxylation sites is 2. The Kier molecular flexibility index (Phi) is 9.93. The molecule has 43 heavy (non-hydrogen) atoms. The molecule has 0 aliphatic rings. The highest BCUT2D eigenvalue weighted by molar-refractivity contribution is 6.12. The zero-order valence-corrected chi connectivity index (χ0v) is 24.4. The van der Waals surface area contributed by atoms with Gasteiger partial charge in [-0.05, 0) is 42.0 Å². The number of amides is 1. The number of hydrogen-bond acceptors (Lipinski definition) is 5. The number of ketones is 1. The number of nitrogens with zero attached hydrogens (tertiary/aromatic N) is 1. The van der Waals surface area contributed by atoms with Crippen molar-refractivity contribution in [2.75, 3.05) is 23.4 Å². The Labute approximate surface area is 250 Å². The standard InChI is InChI=1S/C35H35FN2O5/c1-35(2,3)34(42)38(31-16-10-8-14-28(31)36)21-22-43-26-19-17-24(18-20-26)23-30(33(40)41)37-29-15-9-7-13-27(29)32(39)25-11-5-4-6-12-25/h4-20,30,37H,21-23H2,1-3H3,(H,40,41)/t30-/m0/s1. The maximum absolute atomic E-state index is 14.5. The highest BCUT2D eigenvalue weighted by Crippen LogP contribution is 2.26. The fraction of sp³-hybridized carbons (Fsp3) is 0.229. The molecule has 0 aromatic heterocycles. The Morgan fingerprint density at radius 1 is 0.860 bits per heavy atom. The molecule has 2 N–H and O–H groups in total. The lowest BCUT2D eigenvalue weighted by Gasteiger charge is -2.29. The molecular formula is C35H35FN2O5. The summed E-state index contributed by atoms with van der Waals surface area (Å²) in [6.07, 6.45) is 0.157. The average molecular weight is 583 g/mol. The molecule has 0 spiro atoms. The van der Waals surface area contributed by atoms with Crippen molar-refractivity contribution in [3.05, 3.63) is 126 Å².